The molecule has 32 heavy (non-hydrogen) atoms. The fourth-order valence-electron chi connectivity index (χ4n) is 4.70. The van der Waals surface area contributed by atoms with Crippen LogP contribution in [-0.2, 0) is 13.0 Å². The van der Waals surface area contributed by atoms with Crippen molar-refractivity contribution in [1.82, 2.24) is 14.8 Å². The normalized spacial score (nSPS) is 16.1. The average Bonchev–Trinajstić information content (AvgIpc) is 3.25. The minimum Gasteiger partial charge on any atom is -0.469 e. The molecule has 0 N–H and O–H groups in total. The van der Waals surface area contributed by atoms with Crippen molar-refractivity contribution in [2.45, 2.75) is 38.8 Å². The fourth-order valence-corrected chi connectivity index (χ4v) is 4.70. The second-order valence-corrected chi connectivity index (χ2v) is 8.64. The summed E-state index contributed by atoms with van der Waals surface area (Å²) in [7, 11) is 1.84. The number of piperidine rings is 1. The second-order valence-electron chi connectivity index (χ2n) is 8.64. The van der Waals surface area contributed by atoms with Gasteiger partial charge in [0, 0.05) is 32.0 Å². The molecule has 0 saturated carbocycles. The van der Waals surface area contributed by atoms with Gasteiger partial charge in [-0.05, 0) is 74.5 Å². The zero-order valence-corrected chi connectivity index (χ0v) is 18.7. The zero-order valence-electron chi connectivity index (χ0n) is 18.7. The number of aromatic nitrogens is 1. The van der Waals surface area contributed by atoms with Crippen LogP contribution >= 0.6 is 0 Å². The van der Waals surface area contributed by atoms with Crippen molar-refractivity contribution in [3.63, 3.8) is 0 Å². The summed E-state index contributed by atoms with van der Waals surface area (Å²) >= 11 is 0. The van der Waals surface area contributed by atoms with Gasteiger partial charge in [-0.3, -0.25) is 14.7 Å². The van der Waals surface area contributed by atoms with Gasteiger partial charge in [0.15, 0.2) is 0 Å². The van der Waals surface area contributed by atoms with E-state index in [4.69, 9.17) is 4.42 Å². The highest BCUT2D eigenvalue weighted by molar-refractivity contribution is 5.95. The van der Waals surface area contributed by atoms with Crippen LogP contribution in [-0.4, -0.2) is 46.9 Å². The van der Waals surface area contributed by atoms with E-state index in [1.807, 2.05) is 31.4 Å². The number of aryl methyl sites for hydroxylation is 1. The van der Waals surface area contributed by atoms with E-state index in [1.54, 1.807) is 36.4 Å². The Balaban J connectivity index is 1.49. The van der Waals surface area contributed by atoms with Gasteiger partial charge in [0.05, 0.1) is 11.8 Å². The Morgan fingerprint density at radius 3 is 2.66 bits per heavy atom. The second kappa shape index (κ2) is 10.1. The third-order valence-electron chi connectivity index (χ3n) is 6.60. The van der Waals surface area contributed by atoms with Crippen LogP contribution in [0.25, 0.3) is 0 Å². The van der Waals surface area contributed by atoms with E-state index < -0.39 is 0 Å². The molecule has 1 atom stereocenters. The lowest BCUT2D eigenvalue weighted by atomic mass is 9.84. The molecule has 1 aliphatic heterocycles. The molecular weight excluding hydrogens is 405 g/mol. The molecule has 2 aromatic heterocycles. The molecule has 1 saturated heterocycles. The maximum absolute atomic E-state index is 14.5. The van der Waals surface area contributed by atoms with E-state index in [-0.39, 0.29) is 17.8 Å². The Morgan fingerprint density at radius 1 is 1.22 bits per heavy atom. The molecule has 5 nitrogen and oxygen atoms in total. The molecule has 3 heterocycles. The summed E-state index contributed by atoms with van der Waals surface area (Å²) in [5.74, 6) is 0.612. The first kappa shape index (κ1) is 22.2. The molecule has 0 unspecified atom stereocenters. The van der Waals surface area contributed by atoms with E-state index in [0.717, 1.165) is 32.5 Å². The molecule has 0 bridgehead atoms. The predicted octanol–water partition coefficient (Wildman–Crippen LogP) is 4.72. The Bertz CT molecular complexity index is 1030. The molecule has 1 fully saturated rings. The van der Waals surface area contributed by atoms with E-state index in [0.29, 0.717) is 29.2 Å². The van der Waals surface area contributed by atoms with Crippen LogP contribution in [0.15, 0.2) is 65.5 Å². The number of likely N-dealkylation sites (tertiary alicyclic amines) is 1. The third kappa shape index (κ3) is 5.07. The van der Waals surface area contributed by atoms with Crippen molar-refractivity contribution in [1.29, 1.82) is 0 Å². The molecule has 3 aromatic rings. The number of carbonyl (C=O) groups excluding carboxylic acids is 1. The lowest BCUT2D eigenvalue weighted by Crippen LogP contribution is -2.47. The van der Waals surface area contributed by atoms with Gasteiger partial charge in [0.25, 0.3) is 5.91 Å². The van der Waals surface area contributed by atoms with Gasteiger partial charge >= 0.3 is 0 Å². The number of nitrogens with zero attached hydrogens (tertiary/aromatic N) is 3. The number of halogens is 1. The summed E-state index contributed by atoms with van der Waals surface area (Å²) in [6, 6.07) is 12.6. The van der Waals surface area contributed by atoms with Crippen molar-refractivity contribution in [2.75, 3.05) is 20.1 Å². The van der Waals surface area contributed by atoms with Crippen LogP contribution in [0, 0.1) is 18.7 Å². The Labute approximate surface area is 188 Å². The van der Waals surface area contributed by atoms with Crippen molar-refractivity contribution in [3.8, 4) is 0 Å². The SMILES string of the molecule is Cc1occc1C(=O)N(C)[C@@H](Cc1ccccc1F)C1CCN(Cc2cccnc2)CC1. The Hall–Kier alpha value is -2.99. The standard InChI is InChI=1S/C26H30FN3O2/c1-19-23(11-15-32-19)26(31)29(2)25(16-22-7-3-4-8-24(22)27)21-9-13-30(14-10-21)18-20-6-5-12-28-17-20/h3-8,11-12,15,17,21,25H,9-10,13-14,16,18H2,1-2H3/t25-/m0/s1. The summed E-state index contributed by atoms with van der Waals surface area (Å²) in [6.45, 7) is 4.56. The molecule has 1 aromatic carbocycles. The first-order valence-electron chi connectivity index (χ1n) is 11.2. The Morgan fingerprint density at radius 2 is 2.00 bits per heavy atom. The third-order valence-corrected chi connectivity index (χ3v) is 6.60. The quantitative estimate of drug-likeness (QED) is 0.539. The van der Waals surface area contributed by atoms with Crippen molar-refractivity contribution in [3.05, 3.63) is 89.4 Å². The van der Waals surface area contributed by atoms with E-state index in [2.05, 4.69) is 16.0 Å². The fraction of sp³-hybridized carbons (Fsp3) is 0.385. The van der Waals surface area contributed by atoms with Gasteiger partial charge in [0.1, 0.15) is 11.6 Å². The molecule has 1 aliphatic rings. The number of hydrogen-bond acceptors (Lipinski definition) is 4. The Kier molecular flexibility index (Phi) is 7.00. The first-order chi connectivity index (χ1) is 15.5. The number of benzene rings is 1. The number of furan rings is 1. The van der Waals surface area contributed by atoms with Crippen LogP contribution in [0.5, 0.6) is 0 Å². The summed E-state index contributed by atoms with van der Waals surface area (Å²) in [5, 5.41) is 0. The van der Waals surface area contributed by atoms with Gasteiger partial charge in [-0.2, -0.15) is 0 Å². The average molecular weight is 436 g/mol. The molecule has 6 heteroatoms. The summed E-state index contributed by atoms with van der Waals surface area (Å²) in [4.78, 5) is 21.7. The zero-order chi connectivity index (χ0) is 22.5. The highest BCUT2D eigenvalue weighted by Gasteiger charge is 2.33. The number of likely N-dealkylation sites (N-methyl/N-ethyl adjacent to an activating group) is 1. The highest BCUT2D eigenvalue weighted by atomic mass is 19.1. The molecule has 1 amide bonds. The molecule has 4 rings (SSSR count). The predicted molar refractivity (Wildman–Crippen MR) is 122 cm³/mol. The largest absolute Gasteiger partial charge is 0.469 e. The van der Waals surface area contributed by atoms with Crippen molar-refractivity contribution < 1.29 is 13.6 Å². The van der Waals surface area contributed by atoms with E-state index in [1.165, 1.54) is 11.6 Å². The van der Waals surface area contributed by atoms with Gasteiger partial charge in [-0.15, -0.1) is 0 Å². The molecular formula is C26H30FN3O2. The number of carbonyl (C=O) groups is 1. The molecule has 0 radical (unpaired) electrons. The minimum atomic E-state index is -0.216. The number of pyridine rings is 1. The molecule has 168 valence electrons. The van der Waals surface area contributed by atoms with Crippen molar-refractivity contribution in [2.24, 2.45) is 5.92 Å². The van der Waals surface area contributed by atoms with Gasteiger partial charge in [-0.25, -0.2) is 4.39 Å². The number of hydrogen-bond donors (Lipinski definition) is 0. The monoisotopic (exact) mass is 435 g/mol. The lowest BCUT2D eigenvalue weighted by molar-refractivity contribution is 0.0581. The van der Waals surface area contributed by atoms with Gasteiger partial charge in [-0.1, -0.05) is 24.3 Å². The van der Waals surface area contributed by atoms with Crippen LogP contribution in [0.4, 0.5) is 4.39 Å². The smallest absolute Gasteiger partial charge is 0.257 e. The van der Waals surface area contributed by atoms with Crippen molar-refractivity contribution >= 4 is 5.91 Å². The van der Waals surface area contributed by atoms with Gasteiger partial charge < -0.3 is 9.32 Å². The topological polar surface area (TPSA) is 49.6 Å². The van der Waals surface area contributed by atoms with Crippen LogP contribution in [0.3, 0.4) is 0 Å². The lowest BCUT2D eigenvalue weighted by Gasteiger charge is -2.40. The van der Waals surface area contributed by atoms with Crippen LogP contribution in [0.2, 0.25) is 0 Å². The summed E-state index contributed by atoms with van der Waals surface area (Å²) in [6.07, 6.45) is 7.66. The molecule has 0 aliphatic carbocycles. The number of amides is 1. The minimum absolute atomic E-state index is 0.0737. The maximum Gasteiger partial charge on any atom is 0.257 e. The number of rotatable bonds is 7. The molecule has 0 spiro atoms. The summed E-state index contributed by atoms with van der Waals surface area (Å²) in [5.41, 5.74) is 2.43. The van der Waals surface area contributed by atoms with Crippen LogP contribution in [0.1, 0.15) is 40.1 Å². The van der Waals surface area contributed by atoms with Crippen LogP contribution < -0.4 is 0 Å². The summed E-state index contributed by atoms with van der Waals surface area (Å²) < 4.78 is 19.8. The van der Waals surface area contributed by atoms with E-state index >= 15 is 0 Å². The van der Waals surface area contributed by atoms with Gasteiger partial charge in [0.2, 0.25) is 0 Å². The highest BCUT2D eigenvalue weighted by Crippen LogP contribution is 2.29. The maximum atomic E-state index is 14.5. The first-order valence-corrected chi connectivity index (χ1v) is 11.2. The van der Waals surface area contributed by atoms with E-state index in [9.17, 15) is 9.18 Å².